The lowest BCUT2D eigenvalue weighted by Gasteiger charge is -2.14. The number of nitrogens with one attached hydrogen (secondary N) is 2. The van der Waals surface area contributed by atoms with E-state index < -0.39 is 6.36 Å². The Balaban J connectivity index is 0.00000261. The molecule has 3 rings (SSSR count). The summed E-state index contributed by atoms with van der Waals surface area (Å²) in [5, 5.41) is 8.55. The molecule has 0 bridgehead atoms. The summed E-state index contributed by atoms with van der Waals surface area (Å²) >= 11 is 1.67. The molecule has 0 aliphatic heterocycles. The Bertz CT molecular complexity index is 794. The number of halogens is 4. The summed E-state index contributed by atoms with van der Waals surface area (Å²) in [6.07, 6.45) is -3.96. The molecule has 0 amide bonds. The van der Waals surface area contributed by atoms with Gasteiger partial charge in [0.05, 0.1) is 6.54 Å². The quantitative estimate of drug-likeness (QED) is 0.345. The fourth-order valence-corrected chi connectivity index (χ4v) is 3.67. The number of aliphatic imine (C=N–C) groups is 1. The highest BCUT2D eigenvalue weighted by Crippen LogP contribution is 2.45. The molecular formula is C18H21F3IN3OS. The molecule has 0 spiro atoms. The van der Waals surface area contributed by atoms with Crippen molar-refractivity contribution < 1.29 is 17.9 Å². The third-order valence-corrected chi connectivity index (χ3v) is 5.29. The van der Waals surface area contributed by atoms with Gasteiger partial charge in [-0.25, -0.2) is 0 Å². The SMILES string of the molecule is CN=C(NCc1sccc1C)NC1CC1c1ccccc1OC(F)(F)F.I. The fourth-order valence-electron chi connectivity index (χ4n) is 2.82. The monoisotopic (exact) mass is 511 g/mol. The van der Waals surface area contributed by atoms with Crippen LogP contribution in [0.3, 0.4) is 0 Å². The second-order valence-electron chi connectivity index (χ2n) is 6.13. The summed E-state index contributed by atoms with van der Waals surface area (Å²) in [6.45, 7) is 2.71. The first kappa shape index (κ1) is 21.8. The molecule has 9 heteroatoms. The van der Waals surface area contributed by atoms with Crippen LogP contribution >= 0.6 is 35.3 Å². The minimum absolute atomic E-state index is 0. The van der Waals surface area contributed by atoms with Crippen molar-refractivity contribution in [3.63, 3.8) is 0 Å². The number of benzene rings is 1. The second kappa shape index (κ2) is 9.13. The van der Waals surface area contributed by atoms with Gasteiger partial charge in [-0.3, -0.25) is 4.99 Å². The zero-order valence-corrected chi connectivity index (χ0v) is 18.0. The molecule has 0 saturated heterocycles. The van der Waals surface area contributed by atoms with E-state index in [2.05, 4.69) is 33.4 Å². The maximum absolute atomic E-state index is 12.6. The third-order valence-electron chi connectivity index (χ3n) is 4.26. The molecule has 2 N–H and O–H groups in total. The van der Waals surface area contributed by atoms with Gasteiger partial charge in [-0.1, -0.05) is 18.2 Å². The molecule has 2 aromatic rings. The molecule has 1 saturated carbocycles. The predicted octanol–water partition coefficient (Wildman–Crippen LogP) is 4.79. The summed E-state index contributed by atoms with van der Waals surface area (Å²) in [5.41, 5.74) is 1.78. The minimum Gasteiger partial charge on any atom is -0.405 e. The van der Waals surface area contributed by atoms with Crippen LogP contribution in [0.2, 0.25) is 0 Å². The molecule has 1 aliphatic rings. The van der Waals surface area contributed by atoms with Gasteiger partial charge in [0.25, 0.3) is 0 Å². The van der Waals surface area contributed by atoms with Gasteiger partial charge in [-0.15, -0.1) is 48.5 Å². The average Bonchev–Trinajstić information content (AvgIpc) is 3.22. The molecule has 0 radical (unpaired) electrons. The number of ether oxygens (including phenoxy) is 1. The molecule has 2 unspecified atom stereocenters. The highest BCUT2D eigenvalue weighted by molar-refractivity contribution is 14.0. The molecule has 148 valence electrons. The molecule has 1 heterocycles. The Morgan fingerprint density at radius 3 is 2.67 bits per heavy atom. The number of hydrogen-bond donors (Lipinski definition) is 2. The Kier molecular flexibility index (Phi) is 7.38. The van der Waals surface area contributed by atoms with Crippen LogP contribution in [0, 0.1) is 6.92 Å². The first-order valence-corrected chi connectivity index (χ1v) is 9.10. The van der Waals surface area contributed by atoms with E-state index in [-0.39, 0.29) is 41.7 Å². The summed E-state index contributed by atoms with van der Waals surface area (Å²) < 4.78 is 41.9. The van der Waals surface area contributed by atoms with E-state index in [9.17, 15) is 13.2 Å². The van der Waals surface area contributed by atoms with Crippen LogP contribution in [0.25, 0.3) is 0 Å². The van der Waals surface area contributed by atoms with Gasteiger partial charge in [0.2, 0.25) is 0 Å². The average molecular weight is 511 g/mol. The van der Waals surface area contributed by atoms with Gasteiger partial charge in [-0.2, -0.15) is 0 Å². The van der Waals surface area contributed by atoms with Crippen LogP contribution < -0.4 is 15.4 Å². The van der Waals surface area contributed by atoms with Gasteiger partial charge >= 0.3 is 6.36 Å². The van der Waals surface area contributed by atoms with Crippen LogP contribution in [0.4, 0.5) is 13.2 Å². The Morgan fingerprint density at radius 1 is 1.30 bits per heavy atom. The van der Waals surface area contributed by atoms with E-state index in [1.807, 2.05) is 5.38 Å². The van der Waals surface area contributed by atoms with E-state index >= 15 is 0 Å². The van der Waals surface area contributed by atoms with Crippen LogP contribution in [0.5, 0.6) is 5.75 Å². The normalized spacial score (nSPS) is 19.2. The smallest absolute Gasteiger partial charge is 0.405 e. The molecular weight excluding hydrogens is 490 g/mol. The van der Waals surface area contributed by atoms with Gasteiger partial charge < -0.3 is 15.4 Å². The maximum Gasteiger partial charge on any atom is 0.573 e. The second-order valence-corrected chi connectivity index (χ2v) is 7.13. The number of rotatable bonds is 5. The predicted molar refractivity (Wildman–Crippen MR) is 112 cm³/mol. The van der Waals surface area contributed by atoms with E-state index in [0.29, 0.717) is 18.1 Å². The lowest BCUT2D eigenvalue weighted by atomic mass is 10.1. The number of guanidine groups is 1. The molecule has 1 aromatic carbocycles. The van der Waals surface area contributed by atoms with Crippen molar-refractivity contribution in [2.75, 3.05) is 7.05 Å². The Labute approximate surface area is 177 Å². The number of para-hydroxylation sites is 1. The van der Waals surface area contributed by atoms with E-state index in [1.165, 1.54) is 16.5 Å². The van der Waals surface area contributed by atoms with Crippen molar-refractivity contribution in [3.05, 3.63) is 51.7 Å². The zero-order valence-electron chi connectivity index (χ0n) is 14.8. The summed E-state index contributed by atoms with van der Waals surface area (Å²) in [5.74, 6) is 0.474. The molecule has 1 aromatic heterocycles. The highest BCUT2D eigenvalue weighted by Gasteiger charge is 2.42. The largest absolute Gasteiger partial charge is 0.573 e. The third kappa shape index (κ3) is 6.00. The number of thiophene rings is 1. The summed E-state index contributed by atoms with van der Waals surface area (Å²) in [6, 6.07) is 8.39. The lowest BCUT2D eigenvalue weighted by molar-refractivity contribution is -0.274. The van der Waals surface area contributed by atoms with Crippen LogP contribution in [0.15, 0.2) is 40.7 Å². The molecule has 4 nitrogen and oxygen atoms in total. The van der Waals surface area contributed by atoms with Crippen molar-refractivity contribution in [1.29, 1.82) is 0 Å². The first-order chi connectivity index (χ1) is 12.4. The van der Waals surface area contributed by atoms with Crippen molar-refractivity contribution in [2.45, 2.75) is 38.2 Å². The molecule has 2 atom stereocenters. The van der Waals surface area contributed by atoms with Crippen molar-refractivity contribution in [1.82, 2.24) is 10.6 Å². The van der Waals surface area contributed by atoms with Crippen LogP contribution in [-0.2, 0) is 6.54 Å². The molecule has 1 fully saturated rings. The Hall–Kier alpha value is -1.49. The molecule has 27 heavy (non-hydrogen) atoms. The van der Waals surface area contributed by atoms with Crippen molar-refractivity contribution in [2.24, 2.45) is 4.99 Å². The standard InChI is InChI=1S/C18H20F3N3OS.HI/c1-11-7-8-26-16(11)10-23-17(22-2)24-14-9-13(14)12-5-3-4-6-15(12)25-18(19,20)21;/h3-8,13-14H,9-10H2,1-2H3,(H2,22,23,24);1H. The highest BCUT2D eigenvalue weighted by atomic mass is 127. The van der Waals surface area contributed by atoms with E-state index in [0.717, 1.165) is 6.42 Å². The van der Waals surface area contributed by atoms with Gasteiger partial charge in [0, 0.05) is 23.9 Å². The zero-order chi connectivity index (χ0) is 18.7. The Morgan fingerprint density at radius 2 is 2.04 bits per heavy atom. The number of nitrogens with zero attached hydrogens (tertiary/aromatic N) is 1. The number of alkyl halides is 3. The summed E-state index contributed by atoms with van der Waals surface area (Å²) in [4.78, 5) is 5.42. The maximum atomic E-state index is 12.6. The number of hydrogen-bond acceptors (Lipinski definition) is 3. The molecule has 1 aliphatic carbocycles. The van der Waals surface area contributed by atoms with E-state index in [1.54, 1.807) is 36.6 Å². The van der Waals surface area contributed by atoms with Crippen molar-refractivity contribution in [3.8, 4) is 5.75 Å². The lowest BCUT2D eigenvalue weighted by Crippen LogP contribution is -2.38. The summed E-state index contributed by atoms with van der Waals surface area (Å²) in [7, 11) is 1.68. The van der Waals surface area contributed by atoms with Gasteiger partial charge in [0.15, 0.2) is 5.96 Å². The first-order valence-electron chi connectivity index (χ1n) is 8.22. The fraction of sp³-hybridized carbons (Fsp3) is 0.389. The van der Waals surface area contributed by atoms with E-state index in [4.69, 9.17) is 0 Å². The van der Waals surface area contributed by atoms with Crippen LogP contribution in [0.1, 0.15) is 28.3 Å². The number of aryl methyl sites for hydroxylation is 1. The van der Waals surface area contributed by atoms with Crippen molar-refractivity contribution >= 4 is 41.3 Å². The minimum atomic E-state index is -4.69. The van der Waals surface area contributed by atoms with Gasteiger partial charge in [-0.05, 0) is 42.0 Å². The topological polar surface area (TPSA) is 45.7 Å². The van der Waals surface area contributed by atoms with Gasteiger partial charge in [0.1, 0.15) is 5.75 Å². The van der Waals surface area contributed by atoms with Crippen LogP contribution in [-0.4, -0.2) is 25.4 Å².